The van der Waals surface area contributed by atoms with Crippen molar-refractivity contribution in [3.8, 4) is 11.1 Å². The van der Waals surface area contributed by atoms with Gasteiger partial charge in [-0.15, -0.1) is 11.3 Å². The number of carbonyl (C=O) groups excluding carboxylic acids is 5. The Morgan fingerprint density at radius 1 is 0.974 bits per heavy atom. The first-order chi connectivity index (χ1) is 18.6. The summed E-state index contributed by atoms with van der Waals surface area (Å²) in [4.78, 5) is 63.5. The molecule has 0 unspecified atom stereocenters. The van der Waals surface area contributed by atoms with Gasteiger partial charge >= 0.3 is 11.9 Å². The first-order valence-corrected chi connectivity index (χ1v) is 13.4. The number of esters is 2. The zero-order valence-corrected chi connectivity index (χ0v) is 23.5. The molecule has 206 valence electrons. The number of rotatable bonds is 8. The van der Waals surface area contributed by atoms with Gasteiger partial charge in [0.25, 0.3) is 5.78 Å². The molecule has 3 heterocycles. The Morgan fingerprint density at radius 3 is 2.23 bits per heavy atom. The smallest absolute Gasteiger partial charge is 0.379 e. The van der Waals surface area contributed by atoms with Crippen LogP contribution in [0, 0.1) is 13.8 Å². The second-order valence-corrected chi connectivity index (χ2v) is 9.96. The van der Waals surface area contributed by atoms with E-state index in [1.807, 2.05) is 31.2 Å². The zero-order chi connectivity index (χ0) is 28.7. The second kappa shape index (κ2) is 13.3. The van der Waals surface area contributed by atoms with Gasteiger partial charge in [0.1, 0.15) is 10.6 Å². The summed E-state index contributed by atoms with van der Waals surface area (Å²) in [7, 11) is 0. The van der Waals surface area contributed by atoms with E-state index in [0.29, 0.717) is 24.5 Å². The zero-order valence-electron chi connectivity index (χ0n) is 22.7. The molecule has 0 saturated carbocycles. The molecule has 0 fully saturated rings. The van der Waals surface area contributed by atoms with Crippen molar-refractivity contribution in [2.24, 2.45) is 0 Å². The van der Waals surface area contributed by atoms with E-state index in [9.17, 15) is 24.0 Å². The molecule has 1 aromatic carbocycles. The fraction of sp³-hybridized carbons (Fsp3) is 0.379. The van der Waals surface area contributed by atoms with E-state index in [0.717, 1.165) is 38.2 Å². The summed E-state index contributed by atoms with van der Waals surface area (Å²) in [6, 6.07) is 8.01. The number of hydrogen-bond donors (Lipinski definition) is 0. The standard InChI is InChI=1S/C22H21NO4S.C7H10O4/c1-4-27-22(25)20(24)17-13(3)23-21-19(15-9-10-26-11-16(15)28-21)18(17)14-7-5-12(2)6-8-14;1-3-11-7(10)6(9)4-5(2)8/h5-8H,4,9-11H2,1-3H3;3-4H2,1-2H3. The van der Waals surface area contributed by atoms with Crippen LogP contribution in [-0.2, 0) is 46.4 Å². The van der Waals surface area contributed by atoms with Crippen molar-refractivity contribution in [1.82, 2.24) is 4.98 Å². The maximum atomic E-state index is 13.0. The highest BCUT2D eigenvalue weighted by atomic mass is 32.1. The Morgan fingerprint density at radius 2 is 1.62 bits per heavy atom. The third kappa shape index (κ3) is 7.01. The van der Waals surface area contributed by atoms with Gasteiger partial charge in [-0.3, -0.25) is 14.4 Å². The van der Waals surface area contributed by atoms with Crippen molar-refractivity contribution < 1.29 is 38.2 Å². The van der Waals surface area contributed by atoms with Crippen LogP contribution in [0.3, 0.4) is 0 Å². The van der Waals surface area contributed by atoms with E-state index < -0.39 is 23.5 Å². The Bertz CT molecular complexity index is 1420. The first kappa shape index (κ1) is 29.8. The van der Waals surface area contributed by atoms with E-state index in [1.165, 1.54) is 12.5 Å². The molecule has 9 nitrogen and oxygen atoms in total. The summed E-state index contributed by atoms with van der Waals surface area (Å²) >= 11 is 1.60. The number of pyridine rings is 1. The molecule has 3 aromatic rings. The molecule has 0 bridgehead atoms. The van der Waals surface area contributed by atoms with Gasteiger partial charge in [-0.25, -0.2) is 14.6 Å². The first-order valence-electron chi connectivity index (χ1n) is 12.6. The van der Waals surface area contributed by atoms with E-state index >= 15 is 0 Å². The van der Waals surface area contributed by atoms with Crippen LogP contribution in [0.15, 0.2) is 24.3 Å². The molecule has 39 heavy (non-hydrogen) atoms. The van der Waals surface area contributed by atoms with Crippen LogP contribution in [0.5, 0.6) is 0 Å². The molecule has 2 aromatic heterocycles. The van der Waals surface area contributed by atoms with Crippen LogP contribution < -0.4 is 0 Å². The van der Waals surface area contributed by atoms with Crippen molar-refractivity contribution in [2.45, 2.75) is 54.1 Å². The molecule has 1 aliphatic heterocycles. The highest BCUT2D eigenvalue weighted by molar-refractivity contribution is 7.19. The van der Waals surface area contributed by atoms with Gasteiger partial charge < -0.3 is 14.2 Å². The lowest BCUT2D eigenvalue weighted by Crippen LogP contribution is -2.20. The van der Waals surface area contributed by atoms with E-state index in [1.54, 1.807) is 32.1 Å². The molecule has 0 spiro atoms. The molecule has 4 rings (SSSR count). The van der Waals surface area contributed by atoms with Crippen LogP contribution in [0.4, 0.5) is 0 Å². The van der Waals surface area contributed by atoms with Gasteiger partial charge in [0.2, 0.25) is 5.78 Å². The normalized spacial score (nSPS) is 12.1. The van der Waals surface area contributed by atoms with Crippen molar-refractivity contribution in [2.75, 3.05) is 19.8 Å². The summed E-state index contributed by atoms with van der Waals surface area (Å²) < 4.78 is 15.0. The van der Waals surface area contributed by atoms with E-state index in [2.05, 4.69) is 9.72 Å². The lowest BCUT2D eigenvalue weighted by atomic mass is 9.90. The molecule has 10 heteroatoms. The van der Waals surface area contributed by atoms with Gasteiger partial charge in [-0.05, 0) is 52.2 Å². The van der Waals surface area contributed by atoms with Gasteiger partial charge in [0.15, 0.2) is 0 Å². The SMILES string of the molecule is CCOC(=O)C(=O)CC(C)=O.CCOC(=O)C(=O)c1c(C)nc2sc3c(c2c1-c1ccc(C)cc1)CCOC3. The lowest BCUT2D eigenvalue weighted by molar-refractivity contribution is -0.154. The van der Waals surface area contributed by atoms with Crippen LogP contribution in [0.1, 0.15) is 59.2 Å². The Kier molecular flexibility index (Phi) is 10.2. The van der Waals surface area contributed by atoms with Gasteiger partial charge in [0, 0.05) is 15.8 Å². The Labute approximate surface area is 230 Å². The summed E-state index contributed by atoms with van der Waals surface area (Å²) in [5.41, 5.74) is 4.86. The van der Waals surface area contributed by atoms with E-state index in [4.69, 9.17) is 9.47 Å². The minimum absolute atomic E-state index is 0.155. The van der Waals surface area contributed by atoms with Gasteiger partial charge in [-0.1, -0.05) is 29.8 Å². The highest BCUT2D eigenvalue weighted by Gasteiger charge is 2.30. The predicted molar refractivity (Wildman–Crippen MR) is 146 cm³/mol. The number of ketones is 3. The highest BCUT2D eigenvalue weighted by Crippen LogP contribution is 2.42. The lowest BCUT2D eigenvalue weighted by Gasteiger charge is -2.16. The number of thiophene rings is 1. The number of nitrogens with zero attached hydrogens (tertiary/aromatic N) is 1. The number of hydrogen-bond acceptors (Lipinski definition) is 10. The minimum Gasteiger partial charge on any atom is -0.460 e. The molecule has 0 N–H and O–H groups in total. The topological polar surface area (TPSA) is 126 Å². The predicted octanol–water partition coefficient (Wildman–Crippen LogP) is 4.50. The summed E-state index contributed by atoms with van der Waals surface area (Å²) in [6.07, 6.45) is 0.408. The third-order valence-electron chi connectivity index (χ3n) is 5.87. The third-order valence-corrected chi connectivity index (χ3v) is 6.97. The van der Waals surface area contributed by atoms with Crippen LogP contribution in [0.2, 0.25) is 0 Å². The van der Waals surface area contributed by atoms with Crippen molar-refractivity contribution in [3.63, 3.8) is 0 Å². The fourth-order valence-electron chi connectivity index (χ4n) is 4.16. The number of aromatic nitrogens is 1. The minimum atomic E-state index is -0.928. The molecular formula is C29H31NO8S. The van der Waals surface area contributed by atoms with Crippen molar-refractivity contribution in [3.05, 3.63) is 51.5 Å². The second-order valence-electron chi connectivity index (χ2n) is 8.87. The van der Waals surface area contributed by atoms with Crippen molar-refractivity contribution in [1.29, 1.82) is 0 Å². The Balaban J connectivity index is 0.000000325. The molecular weight excluding hydrogens is 522 g/mol. The maximum Gasteiger partial charge on any atom is 0.379 e. The monoisotopic (exact) mass is 553 g/mol. The fourth-order valence-corrected chi connectivity index (χ4v) is 5.38. The van der Waals surface area contributed by atoms with Crippen molar-refractivity contribution >= 4 is 50.8 Å². The average Bonchev–Trinajstić information content (AvgIpc) is 3.26. The van der Waals surface area contributed by atoms with Crippen LogP contribution in [0.25, 0.3) is 21.3 Å². The molecule has 0 saturated heterocycles. The van der Waals surface area contributed by atoms with E-state index in [-0.39, 0.29) is 25.4 Å². The van der Waals surface area contributed by atoms with Gasteiger partial charge in [-0.2, -0.15) is 0 Å². The van der Waals surface area contributed by atoms with Crippen LogP contribution in [-0.4, -0.2) is 54.1 Å². The molecule has 0 aliphatic carbocycles. The molecule has 0 amide bonds. The average molecular weight is 554 g/mol. The number of carbonyl (C=O) groups is 5. The Hall–Kier alpha value is -3.76. The van der Waals surface area contributed by atoms with Crippen LogP contribution >= 0.6 is 11.3 Å². The number of aryl methyl sites for hydroxylation is 2. The summed E-state index contributed by atoms with van der Waals surface area (Å²) in [6.45, 7) is 9.84. The summed E-state index contributed by atoms with van der Waals surface area (Å²) in [5, 5.41) is 0.963. The maximum absolute atomic E-state index is 13.0. The molecule has 0 radical (unpaired) electrons. The molecule has 1 aliphatic rings. The number of ether oxygens (including phenoxy) is 3. The summed E-state index contributed by atoms with van der Waals surface area (Å²) in [5.74, 6) is -3.52. The number of benzene rings is 1. The number of fused-ring (bicyclic) bond motifs is 3. The number of Topliss-reactive ketones (excluding diaryl/α,β-unsaturated/α-hetero) is 3. The largest absolute Gasteiger partial charge is 0.460 e. The molecule has 0 atom stereocenters. The van der Waals surface area contributed by atoms with Gasteiger partial charge in [0.05, 0.1) is 44.1 Å². The quantitative estimate of drug-likeness (QED) is 0.172.